The Hall–Kier alpha value is -2.27. The SMILES string of the molecule is COCCOc1cc(OC[C@@H](O)CN2C[C@@H](Cc3ccc(Cl)cc3)CO2)c(NC(N)=O)cc1Cl. The number of amides is 2. The van der Waals surface area contributed by atoms with Crippen LogP contribution in [0.4, 0.5) is 10.5 Å². The first-order valence-electron chi connectivity index (χ1n) is 10.8. The first-order chi connectivity index (χ1) is 16.3. The number of anilines is 1. The normalized spacial score (nSPS) is 16.9. The Labute approximate surface area is 208 Å². The fourth-order valence-corrected chi connectivity index (χ4v) is 3.86. The topological polar surface area (TPSA) is 116 Å². The molecule has 0 aliphatic carbocycles. The summed E-state index contributed by atoms with van der Waals surface area (Å²) >= 11 is 12.2. The first-order valence-corrected chi connectivity index (χ1v) is 11.5. The van der Waals surface area contributed by atoms with Gasteiger partial charge in [-0.3, -0.25) is 4.84 Å². The molecule has 4 N–H and O–H groups in total. The van der Waals surface area contributed by atoms with Gasteiger partial charge in [0.15, 0.2) is 0 Å². The lowest BCUT2D eigenvalue weighted by Crippen LogP contribution is -2.33. The molecule has 186 valence electrons. The van der Waals surface area contributed by atoms with E-state index < -0.39 is 12.1 Å². The lowest BCUT2D eigenvalue weighted by Gasteiger charge is -2.20. The number of nitrogens with zero attached hydrogens (tertiary/aromatic N) is 1. The zero-order chi connectivity index (χ0) is 24.5. The number of carbonyl (C=O) groups excluding carboxylic acids is 1. The van der Waals surface area contributed by atoms with E-state index in [2.05, 4.69) is 5.32 Å². The number of aliphatic hydroxyl groups is 1. The van der Waals surface area contributed by atoms with Gasteiger partial charge in [-0.05, 0) is 30.2 Å². The van der Waals surface area contributed by atoms with E-state index in [1.54, 1.807) is 12.2 Å². The number of β-amino-alcohol motifs (C(OH)–C–C–N with tert-alkyl or cyclic N) is 1. The Kier molecular flexibility index (Phi) is 10.1. The van der Waals surface area contributed by atoms with Crippen molar-refractivity contribution in [2.75, 3.05) is 51.9 Å². The van der Waals surface area contributed by atoms with Crippen molar-refractivity contribution in [3.63, 3.8) is 0 Å². The molecule has 0 aromatic heterocycles. The lowest BCUT2D eigenvalue weighted by molar-refractivity contribution is -0.131. The number of benzene rings is 2. The molecule has 0 bridgehead atoms. The van der Waals surface area contributed by atoms with Crippen LogP contribution in [0, 0.1) is 5.92 Å². The number of nitrogens with one attached hydrogen (secondary N) is 1. The number of nitrogens with two attached hydrogens (primary N) is 1. The van der Waals surface area contributed by atoms with Crippen molar-refractivity contribution in [2.24, 2.45) is 11.7 Å². The number of primary amides is 1. The van der Waals surface area contributed by atoms with Gasteiger partial charge in [0, 0.05) is 30.7 Å². The molecule has 1 saturated heterocycles. The molecule has 0 radical (unpaired) electrons. The Morgan fingerprint density at radius 1 is 1.24 bits per heavy atom. The van der Waals surface area contributed by atoms with Crippen LogP contribution >= 0.6 is 23.2 Å². The third kappa shape index (κ3) is 8.19. The Balaban J connectivity index is 1.53. The molecule has 0 saturated carbocycles. The van der Waals surface area contributed by atoms with Crippen LogP contribution in [0.3, 0.4) is 0 Å². The zero-order valence-corrected chi connectivity index (χ0v) is 20.3. The van der Waals surface area contributed by atoms with Crippen LogP contribution in [-0.4, -0.2) is 68.9 Å². The monoisotopic (exact) mass is 513 g/mol. The first kappa shape index (κ1) is 26.3. The van der Waals surface area contributed by atoms with Crippen LogP contribution in [0.1, 0.15) is 5.56 Å². The van der Waals surface area contributed by atoms with Gasteiger partial charge in [-0.15, -0.1) is 0 Å². The molecule has 11 heteroatoms. The predicted molar refractivity (Wildman–Crippen MR) is 130 cm³/mol. The summed E-state index contributed by atoms with van der Waals surface area (Å²) in [5.74, 6) is 0.924. The summed E-state index contributed by atoms with van der Waals surface area (Å²) in [4.78, 5) is 17.1. The number of ether oxygens (including phenoxy) is 3. The third-order valence-corrected chi connectivity index (χ3v) is 5.62. The second-order valence-corrected chi connectivity index (χ2v) is 8.76. The number of halogens is 2. The van der Waals surface area contributed by atoms with E-state index in [1.165, 1.54) is 17.7 Å². The van der Waals surface area contributed by atoms with Crippen molar-refractivity contribution >= 4 is 34.9 Å². The molecule has 3 rings (SSSR count). The van der Waals surface area contributed by atoms with Gasteiger partial charge in [-0.2, -0.15) is 5.06 Å². The van der Waals surface area contributed by atoms with E-state index in [-0.39, 0.29) is 36.2 Å². The zero-order valence-electron chi connectivity index (χ0n) is 18.8. The summed E-state index contributed by atoms with van der Waals surface area (Å²) in [6.07, 6.45) is 0.0169. The number of carbonyl (C=O) groups is 1. The summed E-state index contributed by atoms with van der Waals surface area (Å²) in [5.41, 5.74) is 6.70. The highest BCUT2D eigenvalue weighted by atomic mass is 35.5. The van der Waals surface area contributed by atoms with E-state index in [0.29, 0.717) is 36.4 Å². The summed E-state index contributed by atoms with van der Waals surface area (Å²) in [6.45, 7) is 2.13. The van der Waals surface area contributed by atoms with Gasteiger partial charge in [0.2, 0.25) is 0 Å². The third-order valence-electron chi connectivity index (χ3n) is 5.07. The Morgan fingerprint density at radius 2 is 2.00 bits per heavy atom. The predicted octanol–water partition coefficient (Wildman–Crippen LogP) is 3.36. The minimum atomic E-state index is -0.843. The standard InChI is InChI=1S/C23H29Cl2N3O6/c1-31-6-7-32-21-10-22(20(9-19(21)25)27-23(26)30)33-14-18(29)12-28-11-16(13-34-28)8-15-2-4-17(24)5-3-15/h2-5,9-10,16,18,29H,6-8,11-14H2,1H3,(H3,26,27,30)/t16-,18+/m1/s1. The summed E-state index contributed by atoms with van der Waals surface area (Å²) < 4.78 is 16.3. The summed E-state index contributed by atoms with van der Waals surface area (Å²) in [5, 5.41) is 15.7. The number of hydrogen-bond acceptors (Lipinski definition) is 7. The lowest BCUT2D eigenvalue weighted by atomic mass is 10.0. The number of hydroxylamine groups is 2. The second kappa shape index (κ2) is 13.0. The van der Waals surface area contributed by atoms with Gasteiger partial charge in [-0.1, -0.05) is 35.3 Å². The van der Waals surface area contributed by atoms with E-state index in [9.17, 15) is 9.90 Å². The van der Waals surface area contributed by atoms with Gasteiger partial charge in [-0.25, -0.2) is 4.79 Å². The summed E-state index contributed by atoms with van der Waals surface area (Å²) in [6, 6.07) is 9.99. The molecule has 1 aliphatic heterocycles. The maximum atomic E-state index is 11.4. The van der Waals surface area contributed by atoms with Crippen LogP contribution < -0.4 is 20.5 Å². The van der Waals surface area contributed by atoms with Crippen molar-refractivity contribution in [3.05, 3.63) is 52.0 Å². The van der Waals surface area contributed by atoms with Crippen molar-refractivity contribution in [1.29, 1.82) is 0 Å². The van der Waals surface area contributed by atoms with E-state index in [1.807, 2.05) is 24.3 Å². The van der Waals surface area contributed by atoms with Crippen molar-refractivity contribution in [3.8, 4) is 11.5 Å². The van der Waals surface area contributed by atoms with Crippen LogP contribution in [-0.2, 0) is 16.0 Å². The quantitative estimate of drug-likeness (QED) is 0.372. The average Bonchev–Trinajstić information content (AvgIpc) is 3.22. The molecule has 2 aromatic carbocycles. The van der Waals surface area contributed by atoms with Crippen LogP contribution in [0.5, 0.6) is 11.5 Å². The minimum absolute atomic E-state index is 0.0473. The average molecular weight is 514 g/mol. The fraction of sp³-hybridized carbons (Fsp3) is 0.435. The number of methoxy groups -OCH3 is 1. The highest BCUT2D eigenvalue weighted by Gasteiger charge is 2.26. The highest BCUT2D eigenvalue weighted by Crippen LogP contribution is 2.36. The number of rotatable bonds is 12. The molecular formula is C23H29Cl2N3O6. The van der Waals surface area contributed by atoms with Gasteiger partial charge >= 0.3 is 6.03 Å². The molecule has 0 unspecified atom stereocenters. The van der Waals surface area contributed by atoms with Crippen LogP contribution in [0.15, 0.2) is 36.4 Å². The van der Waals surface area contributed by atoms with Crippen molar-refractivity contribution in [2.45, 2.75) is 12.5 Å². The highest BCUT2D eigenvalue weighted by molar-refractivity contribution is 6.32. The van der Waals surface area contributed by atoms with E-state index in [0.717, 1.165) is 6.42 Å². The Bertz CT molecular complexity index is 947. The van der Waals surface area contributed by atoms with Gasteiger partial charge in [0.25, 0.3) is 0 Å². The molecule has 2 aromatic rings. The minimum Gasteiger partial charge on any atom is -0.489 e. The Morgan fingerprint density at radius 3 is 2.71 bits per heavy atom. The van der Waals surface area contributed by atoms with E-state index in [4.69, 9.17) is 48.0 Å². The number of hydrogen-bond donors (Lipinski definition) is 3. The van der Waals surface area contributed by atoms with Crippen LogP contribution in [0.25, 0.3) is 0 Å². The van der Waals surface area contributed by atoms with Gasteiger partial charge in [0.1, 0.15) is 30.8 Å². The number of aliphatic hydroxyl groups excluding tert-OH is 1. The van der Waals surface area contributed by atoms with Crippen molar-refractivity contribution in [1.82, 2.24) is 5.06 Å². The van der Waals surface area contributed by atoms with E-state index >= 15 is 0 Å². The van der Waals surface area contributed by atoms with Gasteiger partial charge < -0.3 is 30.4 Å². The molecule has 0 spiro atoms. The molecule has 2 atom stereocenters. The largest absolute Gasteiger partial charge is 0.489 e. The summed E-state index contributed by atoms with van der Waals surface area (Å²) in [7, 11) is 1.56. The number of urea groups is 1. The molecule has 34 heavy (non-hydrogen) atoms. The second-order valence-electron chi connectivity index (χ2n) is 7.91. The van der Waals surface area contributed by atoms with Crippen molar-refractivity contribution < 1.29 is 28.9 Å². The van der Waals surface area contributed by atoms with Crippen LogP contribution in [0.2, 0.25) is 10.0 Å². The molecule has 1 aliphatic rings. The molecular weight excluding hydrogens is 485 g/mol. The van der Waals surface area contributed by atoms with Gasteiger partial charge in [0.05, 0.1) is 30.5 Å². The fourth-order valence-electron chi connectivity index (χ4n) is 3.51. The molecule has 2 amide bonds. The maximum absolute atomic E-state index is 11.4. The smallest absolute Gasteiger partial charge is 0.316 e. The molecule has 9 nitrogen and oxygen atoms in total. The maximum Gasteiger partial charge on any atom is 0.316 e. The molecule has 1 heterocycles. The molecule has 1 fully saturated rings.